The van der Waals surface area contributed by atoms with E-state index in [0.29, 0.717) is 23.3 Å². The molecule has 0 saturated carbocycles. The van der Waals surface area contributed by atoms with Crippen LogP contribution >= 0.6 is 0 Å². The summed E-state index contributed by atoms with van der Waals surface area (Å²) in [6.07, 6.45) is 0.495. The lowest BCUT2D eigenvalue weighted by Gasteiger charge is -2.06. The van der Waals surface area contributed by atoms with Crippen LogP contribution in [0.1, 0.15) is 22.4 Å². The van der Waals surface area contributed by atoms with E-state index < -0.39 is 0 Å². The molecule has 5 heteroatoms. The monoisotopic (exact) mass is 345 g/mol. The number of aromatic amines is 2. The summed E-state index contributed by atoms with van der Waals surface area (Å²) in [6.45, 7) is 3.89. The molecule has 0 fully saturated rings. The average molecular weight is 345 g/mol. The molecule has 130 valence electrons. The SMILES string of the molecule is Cc1cccc(Cc2c(C)[nH]c3[nH]n(-c4ccccc4)c(=O)c3c2=O)c1. The van der Waals surface area contributed by atoms with Crippen molar-refractivity contribution in [1.29, 1.82) is 0 Å². The van der Waals surface area contributed by atoms with Gasteiger partial charge in [0.05, 0.1) is 5.69 Å². The van der Waals surface area contributed by atoms with E-state index in [1.165, 1.54) is 4.68 Å². The summed E-state index contributed by atoms with van der Waals surface area (Å²) in [5, 5.41) is 3.18. The standard InChI is InChI=1S/C21H19N3O2/c1-13-7-6-8-15(11-13)12-17-14(2)22-20-18(19(17)25)21(26)24(23-20)16-9-4-3-5-10-16/h3-11H,12H2,1-2H3,(H2,22,23,25). The van der Waals surface area contributed by atoms with Gasteiger partial charge in [-0.05, 0) is 31.5 Å². The van der Waals surface area contributed by atoms with Crippen molar-refractivity contribution in [2.45, 2.75) is 20.3 Å². The van der Waals surface area contributed by atoms with Gasteiger partial charge < -0.3 is 4.98 Å². The van der Waals surface area contributed by atoms with E-state index in [1.54, 1.807) is 0 Å². The van der Waals surface area contributed by atoms with Crippen molar-refractivity contribution in [2.75, 3.05) is 0 Å². The Bertz CT molecular complexity index is 1210. The number of aryl methyl sites for hydroxylation is 2. The lowest BCUT2D eigenvalue weighted by atomic mass is 10.0. The van der Waals surface area contributed by atoms with E-state index in [4.69, 9.17) is 0 Å². The third-order valence-corrected chi connectivity index (χ3v) is 4.63. The third kappa shape index (κ3) is 2.67. The Kier molecular flexibility index (Phi) is 3.84. The Morgan fingerprint density at radius 1 is 0.962 bits per heavy atom. The van der Waals surface area contributed by atoms with Gasteiger partial charge in [0.1, 0.15) is 11.0 Å². The molecule has 0 aliphatic carbocycles. The molecule has 0 radical (unpaired) electrons. The van der Waals surface area contributed by atoms with Crippen molar-refractivity contribution in [3.63, 3.8) is 0 Å². The van der Waals surface area contributed by atoms with Crippen LogP contribution in [0.3, 0.4) is 0 Å². The molecule has 2 N–H and O–H groups in total. The minimum Gasteiger partial charge on any atom is -0.343 e. The van der Waals surface area contributed by atoms with Gasteiger partial charge in [0, 0.05) is 17.7 Å². The number of benzene rings is 2. The van der Waals surface area contributed by atoms with Crippen LogP contribution in [0.25, 0.3) is 16.7 Å². The van der Waals surface area contributed by atoms with E-state index in [0.717, 1.165) is 16.8 Å². The fraction of sp³-hybridized carbons (Fsp3) is 0.143. The first-order valence-electron chi connectivity index (χ1n) is 8.52. The van der Waals surface area contributed by atoms with Gasteiger partial charge in [-0.15, -0.1) is 0 Å². The molecule has 0 amide bonds. The van der Waals surface area contributed by atoms with Crippen molar-refractivity contribution in [3.05, 3.63) is 97.6 Å². The maximum absolute atomic E-state index is 13.1. The van der Waals surface area contributed by atoms with Crippen LogP contribution in [0, 0.1) is 13.8 Å². The molecule has 5 nitrogen and oxygen atoms in total. The van der Waals surface area contributed by atoms with Crippen LogP contribution in [0.2, 0.25) is 0 Å². The van der Waals surface area contributed by atoms with Gasteiger partial charge in [-0.25, -0.2) is 4.68 Å². The maximum atomic E-state index is 13.1. The highest BCUT2D eigenvalue weighted by Crippen LogP contribution is 2.14. The lowest BCUT2D eigenvalue weighted by molar-refractivity contribution is 0.857. The molecule has 2 aromatic heterocycles. The van der Waals surface area contributed by atoms with Crippen molar-refractivity contribution in [3.8, 4) is 5.69 Å². The molecule has 0 aliphatic rings. The normalized spacial score (nSPS) is 11.2. The maximum Gasteiger partial charge on any atom is 0.284 e. The molecule has 26 heavy (non-hydrogen) atoms. The zero-order chi connectivity index (χ0) is 18.3. The van der Waals surface area contributed by atoms with Crippen LogP contribution in [0.15, 0.2) is 64.2 Å². The molecule has 0 spiro atoms. The van der Waals surface area contributed by atoms with Crippen LogP contribution < -0.4 is 11.0 Å². The highest BCUT2D eigenvalue weighted by atomic mass is 16.1. The van der Waals surface area contributed by atoms with Gasteiger partial charge in [0.2, 0.25) is 0 Å². The molecule has 4 aromatic rings. The smallest absolute Gasteiger partial charge is 0.284 e. The van der Waals surface area contributed by atoms with Crippen molar-refractivity contribution in [1.82, 2.24) is 14.8 Å². The second-order valence-electron chi connectivity index (χ2n) is 6.56. The number of fused-ring (bicyclic) bond motifs is 1. The first-order valence-corrected chi connectivity index (χ1v) is 8.52. The van der Waals surface area contributed by atoms with Crippen LogP contribution in [0.4, 0.5) is 0 Å². The summed E-state index contributed by atoms with van der Waals surface area (Å²) in [5.74, 6) is 0. The van der Waals surface area contributed by atoms with E-state index >= 15 is 0 Å². The van der Waals surface area contributed by atoms with Gasteiger partial charge >= 0.3 is 0 Å². The Hall–Kier alpha value is -3.34. The van der Waals surface area contributed by atoms with Gasteiger partial charge in [-0.2, -0.15) is 0 Å². The number of rotatable bonds is 3. The second-order valence-corrected chi connectivity index (χ2v) is 6.56. The zero-order valence-corrected chi connectivity index (χ0v) is 14.7. The van der Waals surface area contributed by atoms with E-state index in [-0.39, 0.29) is 16.4 Å². The third-order valence-electron chi connectivity index (χ3n) is 4.63. The largest absolute Gasteiger partial charge is 0.343 e. The Balaban J connectivity index is 1.90. The first kappa shape index (κ1) is 16.1. The zero-order valence-electron chi connectivity index (χ0n) is 14.7. The number of nitrogens with zero attached hydrogens (tertiary/aromatic N) is 1. The molecule has 0 atom stereocenters. The van der Waals surface area contributed by atoms with Crippen LogP contribution in [-0.4, -0.2) is 14.8 Å². The van der Waals surface area contributed by atoms with Crippen LogP contribution in [-0.2, 0) is 6.42 Å². The van der Waals surface area contributed by atoms with Gasteiger partial charge in [-0.3, -0.25) is 14.7 Å². The van der Waals surface area contributed by atoms with Gasteiger partial charge in [-0.1, -0.05) is 48.0 Å². The number of aromatic nitrogens is 3. The summed E-state index contributed by atoms with van der Waals surface area (Å²) in [6, 6.07) is 17.3. The number of para-hydroxylation sites is 1. The average Bonchev–Trinajstić information content (AvgIpc) is 2.96. The topological polar surface area (TPSA) is 70.7 Å². The summed E-state index contributed by atoms with van der Waals surface area (Å²) in [5.41, 5.74) is 4.19. The van der Waals surface area contributed by atoms with E-state index in [9.17, 15) is 9.59 Å². The fourth-order valence-corrected chi connectivity index (χ4v) is 3.32. The molecule has 0 aliphatic heterocycles. The summed E-state index contributed by atoms with van der Waals surface area (Å²) in [4.78, 5) is 29.1. The molecular weight excluding hydrogens is 326 g/mol. The molecule has 0 saturated heterocycles. The summed E-state index contributed by atoms with van der Waals surface area (Å²) < 4.78 is 1.40. The molecular formula is C21H19N3O2. The number of hydrogen-bond acceptors (Lipinski definition) is 2. The Morgan fingerprint density at radius 2 is 1.73 bits per heavy atom. The molecule has 0 bridgehead atoms. The van der Waals surface area contributed by atoms with Crippen molar-refractivity contribution >= 4 is 11.0 Å². The highest BCUT2D eigenvalue weighted by Gasteiger charge is 2.17. The fourth-order valence-electron chi connectivity index (χ4n) is 3.32. The first-order chi connectivity index (χ1) is 12.5. The number of nitrogens with one attached hydrogen (secondary N) is 2. The van der Waals surface area contributed by atoms with E-state index in [2.05, 4.69) is 16.1 Å². The molecule has 4 rings (SSSR count). The van der Waals surface area contributed by atoms with Gasteiger partial charge in [0.15, 0.2) is 5.43 Å². The van der Waals surface area contributed by atoms with Crippen LogP contribution in [0.5, 0.6) is 0 Å². The number of hydrogen-bond donors (Lipinski definition) is 2. The minimum atomic E-state index is -0.335. The quantitative estimate of drug-likeness (QED) is 0.598. The minimum absolute atomic E-state index is 0.169. The van der Waals surface area contributed by atoms with E-state index in [1.807, 2.05) is 62.4 Å². The van der Waals surface area contributed by atoms with Crippen molar-refractivity contribution < 1.29 is 0 Å². The molecule has 0 unspecified atom stereocenters. The molecule has 2 heterocycles. The Labute approximate surface area is 149 Å². The predicted octanol–water partition coefficient (Wildman–Crippen LogP) is 3.21. The second kappa shape index (κ2) is 6.19. The van der Waals surface area contributed by atoms with Gasteiger partial charge in [0.25, 0.3) is 5.56 Å². The lowest BCUT2D eigenvalue weighted by Crippen LogP contribution is -2.21. The Morgan fingerprint density at radius 3 is 2.46 bits per heavy atom. The summed E-state index contributed by atoms with van der Waals surface area (Å²) in [7, 11) is 0. The highest BCUT2D eigenvalue weighted by molar-refractivity contribution is 5.75. The number of H-pyrrole nitrogens is 2. The predicted molar refractivity (Wildman–Crippen MR) is 103 cm³/mol. The number of pyridine rings is 1. The molecule has 2 aromatic carbocycles. The summed E-state index contributed by atoms with van der Waals surface area (Å²) >= 11 is 0. The van der Waals surface area contributed by atoms with Crippen molar-refractivity contribution in [2.24, 2.45) is 0 Å².